The van der Waals surface area contributed by atoms with Crippen molar-refractivity contribution in [2.45, 2.75) is 44.0 Å². The first-order valence-corrected chi connectivity index (χ1v) is 7.47. The van der Waals surface area contributed by atoms with E-state index in [1.807, 2.05) is 0 Å². The van der Waals surface area contributed by atoms with Gasteiger partial charge in [-0.25, -0.2) is 8.78 Å². The van der Waals surface area contributed by atoms with Gasteiger partial charge in [-0.1, -0.05) is 20.3 Å². The molecular formula is C14H21F2NS. The lowest BCUT2D eigenvalue weighted by Crippen LogP contribution is -2.31. The first-order chi connectivity index (χ1) is 8.67. The molecule has 1 atom stereocenters. The summed E-state index contributed by atoms with van der Waals surface area (Å²) in [6.07, 6.45) is 3.23. The summed E-state index contributed by atoms with van der Waals surface area (Å²) < 4.78 is 26.5. The molecule has 4 heteroatoms. The Balaban J connectivity index is 2.52. The van der Waals surface area contributed by atoms with Crippen LogP contribution in [0, 0.1) is 11.6 Å². The summed E-state index contributed by atoms with van der Waals surface area (Å²) in [4.78, 5) is 0.398. The van der Waals surface area contributed by atoms with Crippen LogP contribution in [0.5, 0.6) is 0 Å². The summed E-state index contributed by atoms with van der Waals surface area (Å²) in [6.45, 7) is 5.22. The van der Waals surface area contributed by atoms with Crippen molar-refractivity contribution < 1.29 is 8.78 Å². The molecule has 1 nitrogen and oxygen atoms in total. The summed E-state index contributed by atoms with van der Waals surface area (Å²) in [5, 5.41) is 3.44. The van der Waals surface area contributed by atoms with Crippen molar-refractivity contribution in [3.05, 3.63) is 29.8 Å². The van der Waals surface area contributed by atoms with Crippen LogP contribution >= 0.6 is 11.8 Å². The second-order valence-corrected chi connectivity index (χ2v) is 5.39. The zero-order valence-corrected chi connectivity index (χ0v) is 11.8. The topological polar surface area (TPSA) is 12.0 Å². The molecule has 1 unspecified atom stereocenters. The van der Waals surface area contributed by atoms with Crippen LogP contribution in [0.25, 0.3) is 0 Å². The van der Waals surface area contributed by atoms with Gasteiger partial charge in [0.25, 0.3) is 0 Å². The van der Waals surface area contributed by atoms with Gasteiger partial charge >= 0.3 is 0 Å². The Morgan fingerprint density at radius 2 is 2.00 bits per heavy atom. The molecule has 1 aromatic carbocycles. The predicted molar refractivity (Wildman–Crippen MR) is 74.1 cm³/mol. The minimum atomic E-state index is -0.382. The zero-order chi connectivity index (χ0) is 13.4. The van der Waals surface area contributed by atoms with Crippen molar-refractivity contribution in [2.24, 2.45) is 0 Å². The molecule has 0 saturated heterocycles. The monoisotopic (exact) mass is 273 g/mol. The van der Waals surface area contributed by atoms with E-state index in [1.165, 1.54) is 23.9 Å². The van der Waals surface area contributed by atoms with E-state index in [4.69, 9.17) is 0 Å². The van der Waals surface area contributed by atoms with E-state index in [9.17, 15) is 8.78 Å². The lowest BCUT2D eigenvalue weighted by atomic mass is 10.2. The highest BCUT2D eigenvalue weighted by Crippen LogP contribution is 2.24. The van der Waals surface area contributed by atoms with Gasteiger partial charge < -0.3 is 5.32 Å². The number of halogens is 2. The third-order valence-electron chi connectivity index (χ3n) is 2.65. The number of nitrogens with one attached hydrogen (secondary N) is 1. The van der Waals surface area contributed by atoms with E-state index in [0.717, 1.165) is 37.6 Å². The van der Waals surface area contributed by atoms with Crippen molar-refractivity contribution >= 4 is 11.8 Å². The van der Waals surface area contributed by atoms with E-state index in [0.29, 0.717) is 10.9 Å². The van der Waals surface area contributed by atoms with E-state index in [2.05, 4.69) is 19.2 Å². The van der Waals surface area contributed by atoms with Gasteiger partial charge in [0.2, 0.25) is 0 Å². The molecular weight excluding hydrogens is 252 g/mol. The minimum absolute atomic E-state index is 0.341. The van der Waals surface area contributed by atoms with Crippen LogP contribution in [0.4, 0.5) is 8.78 Å². The molecule has 0 aliphatic carbocycles. The van der Waals surface area contributed by atoms with Crippen LogP contribution in [-0.2, 0) is 0 Å². The maximum atomic E-state index is 13.4. The predicted octanol–water partition coefficient (Wildman–Crippen LogP) is 4.23. The molecule has 0 heterocycles. The summed E-state index contributed by atoms with van der Waals surface area (Å²) in [5.41, 5.74) is 0. The average Bonchev–Trinajstić information content (AvgIpc) is 2.36. The quantitative estimate of drug-likeness (QED) is 0.712. The van der Waals surface area contributed by atoms with E-state index >= 15 is 0 Å². The largest absolute Gasteiger partial charge is 0.313 e. The van der Waals surface area contributed by atoms with Gasteiger partial charge in [-0.2, -0.15) is 0 Å². The number of thioether (sulfide) groups is 1. The van der Waals surface area contributed by atoms with E-state index in [1.54, 1.807) is 0 Å². The minimum Gasteiger partial charge on any atom is -0.313 e. The SMILES string of the molecule is CCCNC(CCC)CSc1cc(F)ccc1F. The Kier molecular flexibility index (Phi) is 7.28. The molecule has 0 saturated carbocycles. The fourth-order valence-corrected chi connectivity index (χ4v) is 2.79. The standard InChI is InChI=1S/C14H21F2NS/c1-3-5-12(17-8-4-2)10-18-14-9-11(15)6-7-13(14)16/h6-7,9,12,17H,3-5,8,10H2,1-2H3. The summed E-state index contributed by atoms with van der Waals surface area (Å²) in [6, 6.07) is 3.97. The fraction of sp³-hybridized carbons (Fsp3) is 0.571. The van der Waals surface area contributed by atoms with Crippen LogP contribution in [0.15, 0.2) is 23.1 Å². The molecule has 0 radical (unpaired) electrons. The first kappa shape index (κ1) is 15.4. The molecule has 0 aromatic heterocycles. The van der Waals surface area contributed by atoms with Crippen LogP contribution in [-0.4, -0.2) is 18.3 Å². The summed E-state index contributed by atoms with van der Waals surface area (Å²) in [5.74, 6) is 0.0494. The van der Waals surface area contributed by atoms with Gasteiger partial charge in [0, 0.05) is 16.7 Å². The van der Waals surface area contributed by atoms with Crippen LogP contribution in [0.3, 0.4) is 0 Å². The Morgan fingerprint density at radius 1 is 1.22 bits per heavy atom. The van der Waals surface area contributed by atoms with Gasteiger partial charge in [-0.05, 0) is 37.6 Å². The number of hydrogen-bond acceptors (Lipinski definition) is 2. The summed E-state index contributed by atoms with van der Waals surface area (Å²) >= 11 is 1.38. The molecule has 0 amide bonds. The molecule has 0 aliphatic heterocycles. The number of hydrogen-bond donors (Lipinski definition) is 1. The average molecular weight is 273 g/mol. The van der Waals surface area contributed by atoms with Crippen molar-refractivity contribution in [3.63, 3.8) is 0 Å². The second kappa shape index (κ2) is 8.48. The molecule has 0 fully saturated rings. The third kappa shape index (κ3) is 5.36. The van der Waals surface area contributed by atoms with E-state index in [-0.39, 0.29) is 11.6 Å². The maximum Gasteiger partial charge on any atom is 0.136 e. The highest BCUT2D eigenvalue weighted by Gasteiger charge is 2.10. The van der Waals surface area contributed by atoms with Crippen LogP contribution < -0.4 is 5.32 Å². The second-order valence-electron chi connectivity index (χ2n) is 4.33. The highest BCUT2D eigenvalue weighted by atomic mass is 32.2. The fourth-order valence-electron chi connectivity index (χ4n) is 1.72. The lowest BCUT2D eigenvalue weighted by Gasteiger charge is -2.17. The molecule has 1 N–H and O–H groups in total. The zero-order valence-electron chi connectivity index (χ0n) is 11.0. The molecule has 1 aromatic rings. The third-order valence-corrected chi connectivity index (χ3v) is 3.85. The first-order valence-electron chi connectivity index (χ1n) is 6.48. The molecule has 0 spiro atoms. The van der Waals surface area contributed by atoms with Gasteiger partial charge in [0.1, 0.15) is 11.6 Å². The van der Waals surface area contributed by atoms with Crippen molar-refractivity contribution in [2.75, 3.05) is 12.3 Å². The lowest BCUT2D eigenvalue weighted by molar-refractivity contribution is 0.514. The molecule has 0 bridgehead atoms. The molecule has 1 rings (SSSR count). The van der Waals surface area contributed by atoms with Gasteiger partial charge in [-0.15, -0.1) is 11.8 Å². The Morgan fingerprint density at radius 3 is 2.67 bits per heavy atom. The smallest absolute Gasteiger partial charge is 0.136 e. The summed E-state index contributed by atoms with van der Waals surface area (Å²) in [7, 11) is 0. The van der Waals surface area contributed by atoms with Gasteiger partial charge in [0.15, 0.2) is 0 Å². The van der Waals surface area contributed by atoms with Gasteiger partial charge in [-0.3, -0.25) is 0 Å². The Bertz CT molecular complexity index is 358. The Hall–Kier alpha value is -0.610. The van der Waals surface area contributed by atoms with Crippen LogP contribution in [0.2, 0.25) is 0 Å². The van der Waals surface area contributed by atoms with Crippen molar-refractivity contribution in [3.8, 4) is 0 Å². The highest BCUT2D eigenvalue weighted by molar-refractivity contribution is 7.99. The van der Waals surface area contributed by atoms with Crippen molar-refractivity contribution in [1.82, 2.24) is 5.32 Å². The Labute approximate surface area is 112 Å². The number of rotatable bonds is 8. The van der Waals surface area contributed by atoms with Crippen molar-refractivity contribution in [1.29, 1.82) is 0 Å². The molecule has 18 heavy (non-hydrogen) atoms. The van der Waals surface area contributed by atoms with Gasteiger partial charge in [0.05, 0.1) is 0 Å². The number of benzene rings is 1. The van der Waals surface area contributed by atoms with E-state index < -0.39 is 0 Å². The normalized spacial score (nSPS) is 12.7. The van der Waals surface area contributed by atoms with Crippen LogP contribution in [0.1, 0.15) is 33.1 Å². The maximum absolute atomic E-state index is 13.4. The molecule has 102 valence electrons. The molecule has 0 aliphatic rings.